The summed E-state index contributed by atoms with van der Waals surface area (Å²) in [4.78, 5) is 35.3. The van der Waals surface area contributed by atoms with Crippen molar-refractivity contribution >= 4 is 27.7 Å². The first kappa shape index (κ1) is 33.4. The molecule has 0 spiro atoms. The fourth-order valence-corrected chi connectivity index (χ4v) is 4.96. The van der Waals surface area contributed by atoms with Crippen LogP contribution in [0.4, 0.5) is 23.2 Å². The first-order valence-electron chi connectivity index (χ1n) is 13.9. The molecule has 1 aliphatic heterocycles. The number of rotatable bonds is 12. The Morgan fingerprint density at radius 2 is 1.69 bits per heavy atom. The molecule has 1 aliphatic rings. The average Bonchev–Trinajstić information content (AvgIpc) is 3.00. The molecule has 0 atom stereocenters. The minimum absolute atomic E-state index is 0.0328. The Bertz CT molecular complexity index is 1580. The normalized spacial score (nSPS) is 14.1. The highest BCUT2D eigenvalue weighted by Crippen LogP contribution is 2.35. The van der Waals surface area contributed by atoms with Crippen LogP contribution in [0.2, 0.25) is 0 Å². The van der Waals surface area contributed by atoms with Crippen molar-refractivity contribution in [2.24, 2.45) is 5.92 Å². The number of anilines is 1. The number of nitrogens with zero attached hydrogens (tertiary/aromatic N) is 3. The van der Waals surface area contributed by atoms with Crippen molar-refractivity contribution in [1.82, 2.24) is 15.3 Å². The number of hydrogen-bond donors (Lipinski definition) is 1. The zero-order chi connectivity index (χ0) is 32.6. The molecule has 0 unspecified atom stereocenters. The SMILES string of the molecule is CCOC(=O)CNC(=O)c1nc(CC2CCN(c3ccc(F)cc3)CC2)nc(OS(=O)(=O)C(F)(F)F)c1OCc1ccccc1. The lowest BCUT2D eigenvalue weighted by Gasteiger charge is -2.33. The highest BCUT2D eigenvalue weighted by atomic mass is 32.2. The Hall–Kier alpha value is -4.47. The summed E-state index contributed by atoms with van der Waals surface area (Å²) in [6, 6.07) is 14.3. The van der Waals surface area contributed by atoms with Crippen molar-refractivity contribution in [3.8, 4) is 11.6 Å². The maximum atomic E-state index is 13.4. The zero-order valence-corrected chi connectivity index (χ0v) is 24.9. The highest BCUT2D eigenvalue weighted by Gasteiger charge is 2.49. The predicted molar refractivity (Wildman–Crippen MR) is 152 cm³/mol. The Morgan fingerprint density at radius 1 is 1.02 bits per heavy atom. The van der Waals surface area contributed by atoms with E-state index in [1.54, 1.807) is 49.4 Å². The number of piperidine rings is 1. The Morgan fingerprint density at radius 3 is 2.31 bits per heavy atom. The van der Waals surface area contributed by atoms with Gasteiger partial charge in [-0.25, -0.2) is 9.37 Å². The number of ether oxygens (including phenoxy) is 2. The molecule has 1 N–H and O–H groups in total. The van der Waals surface area contributed by atoms with Crippen molar-refractivity contribution in [2.75, 3.05) is 31.1 Å². The van der Waals surface area contributed by atoms with Crippen molar-refractivity contribution in [3.05, 3.63) is 77.5 Å². The van der Waals surface area contributed by atoms with E-state index >= 15 is 0 Å². The molecular formula is C29H30F4N4O7S. The molecule has 0 radical (unpaired) electrons. The lowest BCUT2D eigenvalue weighted by atomic mass is 9.93. The number of nitrogens with one attached hydrogen (secondary N) is 1. The van der Waals surface area contributed by atoms with Gasteiger partial charge in [0.15, 0.2) is 5.69 Å². The van der Waals surface area contributed by atoms with Crippen molar-refractivity contribution < 1.29 is 49.2 Å². The van der Waals surface area contributed by atoms with Crippen LogP contribution in [0.3, 0.4) is 0 Å². The summed E-state index contributed by atoms with van der Waals surface area (Å²) >= 11 is 0. The summed E-state index contributed by atoms with van der Waals surface area (Å²) in [7, 11) is -6.23. The summed E-state index contributed by atoms with van der Waals surface area (Å²) in [5.74, 6) is -4.39. The van der Waals surface area contributed by atoms with Crippen LogP contribution >= 0.6 is 0 Å². The van der Waals surface area contributed by atoms with E-state index in [1.807, 2.05) is 4.90 Å². The van der Waals surface area contributed by atoms with Crippen LogP contribution < -0.4 is 19.1 Å². The van der Waals surface area contributed by atoms with E-state index in [9.17, 15) is 35.6 Å². The van der Waals surface area contributed by atoms with E-state index in [0.29, 0.717) is 31.5 Å². The number of carbonyl (C=O) groups is 2. The van der Waals surface area contributed by atoms with Gasteiger partial charge in [0.25, 0.3) is 11.8 Å². The van der Waals surface area contributed by atoms with Crippen molar-refractivity contribution in [3.63, 3.8) is 0 Å². The molecule has 45 heavy (non-hydrogen) atoms. The van der Waals surface area contributed by atoms with E-state index in [2.05, 4.69) is 19.5 Å². The molecule has 1 fully saturated rings. The Balaban J connectivity index is 1.66. The van der Waals surface area contributed by atoms with Crippen LogP contribution in [-0.2, 0) is 32.7 Å². The molecule has 0 bridgehead atoms. The van der Waals surface area contributed by atoms with E-state index in [0.717, 1.165) is 5.69 Å². The maximum absolute atomic E-state index is 13.4. The largest absolute Gasteiger partial charge is 0.534 e. The monoisotopic (exact) mass is 654 g/mol. The third-order valence-corrected chi connectivity index (χ3v) is 7.71. The van der Waals surface area contributed by atoms with Crippen LogP contribution in [0.15, 0.2) is 54.6 Å². The number of carbonyl (C=O) groups excluding carboxylic acids is 2. The summed E-state index contributed by atoms with van der Waals surface area (Å²) in [6.07, 6.45) is 1.21. The quantitative estimate of drug-likeness (QED) is 0.131. The molecule has 1 saturated heterocycles. The Labute approximate surface area is 256 Å². The second kappa shape index (κ2) is 14.5. The molecule has 1 aromatic heterocycles. The minimum atomic E-state index is -6.23. The Kier molecular flexibility index (Phi) is 10.8. The van der Waals surface area contributed by atoms with E-state index in [4.69, 9.17) is 9.47 Å². The number of halogens is 4. The van der Waals surface area contributed by atoms with Gasteiger partial charge in [0, 0.05) is 25.2 Å². The third-order valence-electron chi connectivity index (χ3n) is 6.77. The topological polar surface area (TPSA) is 137 Å². The molecule has 3 aromatic rings. The molecule has 11 nitrogen and oxygen atoms in total. The number of hydrogen-bond acceptors (Lipinski definition) is 10. The van der Waals surface area contributed by atoms with Crippen LogP contribution in [0, 0.1) is 11.7 Å². The molecule has 1 amide bonds. The molecular weight excluding hydrogens is 624 g/mol. The van der Waals surface area contributed by atoms with E-state index < -0.39 is 51.4 Å². The summed E-state index contributed by atoms with van der Waals surface area (Å²) < 4.78 is 92.3. The van der Waals surface area contributed by atoms with Crippen molar-refractivity contribution in [2.45, 2.75) is 38.3 Å². The number of benzene rings is 2. The minimum Gasteiger partial charge on any atom is -0.481 e. The maximum Gasteiger partial charge on any atom is 0.534 e. The lowest BCUT2D eigenvalue weighted by molar-refractivity contribution is -0.141. The standard InChI is InChI=1S/C29H30F4N4O7S/c1-2-42-24(38)17-34-27(39)25-26(43-18-20-6-4-3-5-7-20)28(44-45(40,41)29(31,32)33)36-23(35-25)16-19-12-14-37(15-13-19)22-10-8-21(30)9-11-22/h3-11,19H,2,12-18H2,1H3,(H,34,39). The number of amides is 1. The van der Waals surface area contributed by atoms with Crippen LogP contribution in [0.1, 0.15) is 41.6 Å². The van der Waals surface area contributed by atoms with Gasteiger partial charge in [0.1, 0.15) is 24.8 Å². The zero-order valence-electron chi connectivity index (χ0n) is 24.0. The molecule has 4 rings (SSSR count). The van der Waals surface area contributed by atoms with Gasteiger partial charge in [0.05, 0.1) is 6.61 Å². The van der Waals surface area contributed by atoms with Gasteiger partial charge in [-0.3, -0.25) is 9.59 Å². The summed E-state index contributed by atoms with van der Waals surface area (Å²) in [5, 5.41) is 2.26. The smallest absolute Gasteiger partial charge is 0.481 e. The highest BCUT2D eigenvalue weighted by molar-refractivity contribution is 7.88. The third kappa shape index (κ3) is 9.03. The van der Waals surface area contributed by atoms with E-state index in [1.165, 1.54) is 12.1 Å². The molecule has 0 saturated carbocycles. The fourth-order valence-electron chi connectivity index (χ4n) is 4.54. The van der Waals surface area contributed by atoms with Crippen molar-refractivity contribution in [1.29, 1.82) is 0 Å². The molecule has 2 heterocycles. The van der Waals surface area contributed by atoms with Gasteiger partial charge in [-0.2, -0.15) is 26.6 Å². The van der Waals surface area contributed by atoms with Gasteiger partial charge in [0.2, 0.25) is 5.75 Å². The van der Waals surface area contributed by atoms with Gasteiger partial charge in [-0.05, 0) is 55.5 Å². The van der Waals surface area contributed by atoms with Gasteiger partial charge in [-0.1, -0.05) is 30.3 Å². The number of alkyl halides is 3. The fraction of sp³-hybridized carbons (Fsp3) is 0.379. The first-order chi connectivity index (χ1) is 21.4. The molecule has 0 aliphatic carbocycles. The second-order valence-corrected chi connectivity index (χ2v) is 11.5. The molecule has 242 valence electrons. The van der Waals surface area contributed by atoms with Crippen LogP contribution in [0.25, 0.3) is 0 Å². The molecule has 16 heteroatoms. The first-order valence-corrected chi connectivity index (χ1v) is 15.3. The van der Waals surface area contributed by atoms with Gasteiger partial charge in [-0.15, -0.1) is 0 Å². The lowest BCUT2D eigenvalue weighted by Crippen LogP contribution is -2.35. The van der Waals surface area contributed by atoms with Gasteiger partial charge < -0.3 is 23.9 Å². The van der Waals surface area contributed by atoms with Crippen LogP contribution in [-0.4, -0.2) is 62.0 Å². The van der Waals surface area contributed by atoms with Crippen LogP contribution in [0.5, 0.6) is 11.6 Å². The predicted octanol–water partition coefficient (Wildman–Crippen LogP) is 4.18. The second-order valence-electron chi connectivity index (χ2n) is 9.98. The van der Waals surface area contributed by atoms with E-state index in [-0.39, 0.29) is 37.2 Å². The molecule has 2 aromatic carbocycles. The number of esters is 1. The summed E-state index contributed by atoms with van der Waals surface area (Å²) in [5.41, 5.74) is -5.10. The summed E-state index contributed by atoms with van der Waals surface area (Å²) in [6.45, 7) is 1.79. The average molecular weight is 655 g/mol. The number of aromatic nitrogens is 2. The van der Waals surface area contributed by atoms with Gasteiger partial charge >= 0.3 is 21.6 Å².